The number of ether oxygens (including phenoxy) is 1. The number of hydrogen-bond donors (Lipinski definition) is 1. The topological polar surface area (TPSA) is 48.8 Å². The molecule has 8 heteroatoms. The smallest absolute Gasteiger partial charge is 0.433 e. The average molecular weight is 522 g/mol. The van der Waals surface area contributed by atoms with Crippen LogP contribution in [0.4, 0.5) is 13.2 Å². The molecule has 4 aromatic rings. The Bertz CT molecular complexity index is 1290. The maximum atomic E-state index is 13.0. The number of halogens is 3. The van der Waals surface area contributed by atoms with Crippen molar-refractivity contribution < 1.29 is 23.0 Å². The summed E-state index contributed by atoms with van der Waals surface area (Å²) in [6, 6.07) is 28.3. The molecule has 0 radical (unpaired) electrons. The van der Waals surface area contributed by atoms with Gasteiger partial charge in [-0.3, -0.25) is 9.80 Å². The molecule has 0 spiro atoms. The molecule has 2 heterocycles. The minimum atomic E-state index is -4.51. The van der Waals surface area contributed by atoms with Gasteiger partial charge in [0.15, 0.2) is 0 Å². The van der Waals surface area contributed by atoms with Gasteiger partial charge in [0.05, 0.1) is 11.6 Å². The van der Waals surface area contributed by atoms with Gasteiger partial charge in [-0.25, -0.2) is 4.98 Å². The highest BCUT2D eigenvalue weighted by atomic mass is 19.4. The number of piperazine rings is 1. The van der Waals surface area contributed by atoms with E-state index in [9.17, 15) is 18.3 Å². The second-order valence-electron chi connectivity index (χ2n) is 9.54. The molecule has 38 heavy (non-hydrogen) atoms. The fraction of sp³-hybridized carbons (Fsp3) is 0.300. The van der Waals surface area contributed by atoms with Gasteiger partial charge in [-0.2, -0.15) is 13.2 Å². The molecule has 3 aromatic carbocycles. The van der Waals surface area contributed by atoms with E-state index in [1.807, 2.05) is 12.1 Å². The van der Waals surface area contributed by atoms with Crippen LogP contribution in [0.1, 0.15) is 22.9 Å². The van der Waals surface area contributed by atoms with Gasteiger partial charge in [-0.05, 0) is 35.4 Å². The van der Waals surface area contributed by atoms with Crippen molar-refractivity contribution in [1.82, 2.24) is 14.8 Å². The Hall–Kier alpha value is -3.46. The van der Waals surface area contributed by atoms with Gasteiger partial charge in [-0.1, -0.05) is 66.7 Å². The Labute approximate surface area is 220 Å². The summed E-state index contributed by atoms with van der Waals surface area (Å²) in [5, 5.41) is 11.2. The lowest BCUT2D eigenvalue weighted by atomic mass is 9.96. The van der Waals surface area contributed by atoms with Gasteiger partial charge < -0.3 is 9.84 Å². The van der Waals surface area contributed by atoms with Crippen molar-refractivity contribution in [2.75, 3.05) is 39.3 Å². The minimum Gasteiger partial charge on any atom is -0.490 e. The van der Waals surface area contributed by atoms with Gasteiger partial charge in [0.2, 0.25) is 0 Å². The summed E-state index contributed by atoms with van der Waals surface area (Å²) < 4.78 is 44.8. The van der Waals surface area contributed by atoms with E-state index < -0.39 is 18.0 Å². The number of fused-ring (bicyclic) bond motifs is 1. The van der Waals surface area contributed by atoms with Gasteiger partial charge >= 0.3 is 6.18 Å². The summed E-state index contributed by atoms with van der Waals surface area (Å²) >= 11 is 0. The van der Waals surface area contributed by atoms with Crippen molar-refractivity contribution in [3.8, 4) is 5.75 Å². The van der Waals surface area contributed by atoms with E-state index >= 15 is 0 Å². The number of β-amino-alcohol motifs (C(OH)–C–C–N with tert-alkyl or cyclic N) is 1. The van der Waals surface area contributed by atoms with Crippen LogP contribution < -0.4 is 4.74 Å². The molecule has 1 aliphatic heterocycles. The molecule has 198 valence electrons. The van der Waals surface area contributed by atoms with E-state index in [2.05, 4.69) is 63.3 Å². The van der Waals surface area contributed by atoms with E-state index in [0.29, 0.717) is 17.7 Å². The standard InChI is InChI=1S/C30H30F3N3O2/c31-30(32,33)28-15-14-25-26(34-28)12-7-13-27(25)38-21-24(37)20-35-16-18-36(19-17-35)29(22-8-3-1-4-9-22)23-10-5-2-6-11-23/h1-15,24,29,37H,16-21H2. The predicted octanol–water partition coefficient (Wildman–Crippen LogP) is 5.40. The molecular formula is C30H30F3N3O2. The van der Waals surface area contributed by atoms with E-state index in [-0.39, 0.29) is 18.2 Å². The molecule has 1 aromatic heterocycles. The lowest BCUT2D eigenvalue weighted by molar-refractivity contribution is -0.140. The number of alkyl halides is 3. The Morgan fingerprint density at radius 3 is 2.03 bits per heavy atom. The van der Waals surface area contributed by atoms with Crippen LogP contribution in [0, 0.1) is 0 Å². The van der Waals surface area contributed by atoms with Crippen LogP contribution in [0.5, 0.6) is 5.75 Å². The molecule has 1 fully saturated rings. The second-order valence-corrected chi connectivity index (χ2v) is 9.54. The first kappa shape index (κ1) is 26.2. The molecular weight excluding hydrogens is 491 g/mol. The summed E-state index contributed by atoms with van der Waals surface area (Å²) in [4.78, 5) is 8.41. The third-order valence-corrected chi connectivity index (χ3v) is 6.89. The van der Waals surface area contributed by atoms with Gasteiger partial charge in [0.25, 0.3) is 0 Å². The number of aliphatic hydroxyl groups excluding tert-OH is 1. The van der Waals surface area contributed by atoms with Crippen molar-refractivity contribution in [2.24, 2.45) is 0 Å². The van der Waals surface area contributed by atoms with Crippen LogP contribution in [0.25, 0.3) is 10.9 Å². The zero-order chi connectivity index (χ0) is 26.5. The molecule has 1 aliphatic rings. The zero-order valence-electron chi connectivity index (χ0n) is 20.9. The molecule has 1 unspecified atom stereocenters. The first-order chi connectivity index (χ1) is 18.4. The molecule has 5 nitrogen and oxygen atoms in total. The van der Waals surface area contributed by atoms with E-state index in [0.717, 1.165) is 32.2 Å². The molecule has 0 bridgehead atoms. The fourth-order valence-electron chi connectivity index (χ4n) is 5.04. The van der Waals surface area contributed by atoms with Crippen molar-refractivity contribution in [3.05, 3.63) is 108 Å². The molecule has 1 atom stereocenters. The van der Waals surface area contributed by atoms with Gasteiger partial charge in [-0.15, -0.1) is 0 Å². The summed E-state index contributed by atoms with van der Waals surface area (Å²) in [6.07, 6.45) is -5.24. The first-order valence-corrected chi connectivity index (χ1v) is 12.7. The Balaban J connectivity index is 1.18. The van der Waals surface area contributed by atoms with Gasteiger partial charge in [0.1, 0.15) is 24.2 Å². The molecule has 1 saturated heterocycles. The number of hydrogen-bond acceptors (Lipinski definition) is 5. The van der Waals surface area contributed by atoms with Crippen molar-refractivity contribution >= 4 is 10.9 Å². The highest BCUT2D eigenvalue weighted by Gasteiger charge is 2.32. The van der Waals surface area contributed by atoms with Crippen LogP contribution in [0.3, 0.4) is 0 Å². The summed E-state index contributed by atoms with van der Waals surface area (Å²) in [6.45, 7) is 3.84. The molecule has 5 rings (SSSR count). The quantitative estimate of drug-likeness (QED) is 0.337. The number of rotatable bonds is 8. The maximum Gasteiger partial charge on any atom is 0.433 e. The highest BCUT2D eigenvalue weighted by Crippen LogP contribution is 2.32. The lowest BCUT2D eigenvalue weighted by Gasteiger charge is -2.40. The van der Waals surface area contributed by atoms with E-state index in [1.165, 1.54) is 23.3 Å². The van der Waals surface area contributed by atoms with Crippen molar-refractivity contribution in [3.63, 3.8) is 0 Å². The lowest BCUT2D eigenvalue weighted by Crippen LogP contribution is -2.50. The first-order valence-electron chi connectivity index (χ1n) is 12.7. The minimum absolute atomic E-state index is 0.0387. The fourth-order valence-corrected chi connectivity index (χ4v) is 5.04. The summed E-state index contributed by atoms with van der Waals surface area (Å²) in [5.74, 6) is 0.404. The second kappa shape index (κ2) is 11.5. The monoisotopic (exact) mass is 521 g/mol. The Kier molecular flexibility index (Phi) is 7.93. The van der Waals surface area contributed by atoms with Crippen molar-refractivity contribution in [1.29, 1.82) is 0 Å². The van der Waals surface area contributed by atoms with Crippen LogP contribution in [-0.4, -0.2) is 65.3 Å². The van der Waals surface area contributed by atoms with Crippen LogP contribution in [-0.2, 0) is 6.18 Å². The predicted molar refractivity (Wildman–Crippen MR) is 141 cm³/mol. The molecule has 0 amide bonds. The third-order valence-electron chi connectivity index (χ3n) is 6.89. The number of benzene rings is 3. The largest absolute Gasteiger partial charge is 0.490 e. The SMILES string of the molecule is OC(COc1cccc2nc(C(F)(F)F)ccc12)CN1CCN(C(c2ccccc2)c2ccccc2)CC1. The summed E-state index contributed by atoms with van der Waals surface area (Å²) in [7, 11) is 0. The van der Waals surface area contributed by atoms with Crippen LogP contribution >= 0.6 is 0 Å². The number of nitrogens with zero attached hydrogens (tertiary/aromatic N) is 3. The molecule has 0 aliphatic carbocycles. The third kappa shape index (κ3) is 6.15. The Morgan fingerprint density at radius 1 is 0.789 bits per heavy atom. The number of aromatic nitrogens is 1. The summed E-state index contributed by atoms with van der Waals surface area (Å²) in [5.41, 5.74) is 1.78. The number of pyridine rings is 1. The van der Waals surface area contributed by atoms with E-state index in [1.54, 1.807) is 12.1 Å². The number of aliphatic hydroxyl groups is 1. The average Bonchev–Trinajstić information content (AvgIpc) is 2.93. The van der Waals surface area contributed by atoms with Crippen molar-refractivity contribution in [2.45, 2.75) is 18.3 Å². The maximum absolute atomic E-state index is 13.0. The highest BCUT2D eigenvalue weighted by molar-refractivity contribution is 5.85. The normalized spacial score (nSPS) is 16.1. The zero-order valence-corrected chi connectivity index (χ0v) is 20.9. The molecule has 0 saturated carbocycles. The Morgan fingerprint density at radius 2 is 1.42 bits per heavy atom. The van der Waals surface area contributed by atoms with Crippen LogP contribution in [0.15, 0.2) is 91.0 Å². The van der Waals surface area contributed by atoms with Crippen LogP contribution in [0.2, 0.25) is 0 Å². The molecule has 1 N–H and O–H groups in total. The van der Waals surface area contributed by atoms with Gasteiger partial charge in [0, 0.05) is 38.1 Å². The van der Waals surface area contributed by atoms with E-state index in [4.69, 9.17) is 4.74 Å².